The van der Waals surface area contributed by atoms with E-state index in [1.54, 1.807) is 12.1 Å². The van der Waals surface area contributed by atoms with Crippen LogP contribution in [0.25, 0.3) is 0 Å². The van der Waals surface area contributed by atoms with Gasteiger partial charge in [0.05, 0.1) is 16.9 Å². The Morgan fingerprint density at radius 3 is 2.81 bits per heavy atom. The van der Waals surface area contributed by atoms with E-state index in [-0.39, 0.29) is 11.7 Å². The molecule has 0 spiro atoms. The van der Waals surface area contributed by atoms with Crippen LogP contribution in [0.15, 0.2) is 22.7 Å². The molecule has 16 heavy (non-hydrogen) atoms. The van der Waals surface area contributed by atoms with Crippen LogP contribution in [0.5, 0.6) is 5.75 Å². The van der Waals surface area contributed by atoms with E-state index < -0.39 is 0 Å². The van der Waals surface area contributed by atoms with Crippen LogP contribution in [0.2, 0.25) is 0 Å². The van der Waals surface area contributed by atoms with E-state index in [9.17, 15) is 4.39 Å². The summed E-state index contributed by atoms with van der Waals surface area (Å²) in [5.74, 6) is 0.532. The first kappa shape index (κ1) is 13.0. The lowest BCUT2D eigenvalue weighted by Gasteiger charge is -2.06. The van der Waals surface area contributed by atoms with Gasteiger partial charge in [0.2, 0.25) is 0 Å². The molecule has 3 nitrogen and oxygen atoms in total. The molecule has 1 rings (SSSR count). The SMILES string of the molecule is N=C(N)CCCCOc1ccc(F)c(Br)c1. The minimum absolute atomic E-state index is 0.199. The first-order valence-corrected chi connectivity index (χ1v) is 5.79. The minimum atomic E-state index is -0.302. The van der Waals surface area contributed by atoms with E-state index >= 15 is 0 Å². The maximum Gasteiger partial charge on any atom is 0.137 e. The predicted molar refractivity (Wildman–Crippen MR) is 65.4 cm³/mol. The Hall–Kier alpha value is -1.10. The van der Waals surface area contributed by atoms with Crippen molar-refractivity contribution in [3.05, 3.63) is 28.5 Å². The third-order valence-corrected chi connectivity index (χ3v) is 2.61. The first-order valence-electron chi connectivity index (χ1n) is 5.00. The monoisotopic (exact) mass is 288 g/mol. The minimum Gasteiger partial charge on any atom is -0.494 e. The van der Waals surface area contributed by atoms with Crippen molar-refractivity contribution in [3.63, 3.8) is 0 Å². The molecule has 0 aliphatic heterocycles. The van der Waals surface area contributed by atoms with Crippen LogP contribution in [-0.2, 0) is 0 Å². The number of nitrogens with two attached hydrogens (primary N) is 1. The van der Waals surface area contributed by atoms with E-state index in [1.807, 2.05) is 0 Å². The standard InChI is InChI=1S/C11H14BrFN2O/c12-9-7-8(4-5-10(9)13)16-6-2-1-3-11(14)15/h4-5,7H,1-3,6H2,(H3,14,15). The van der Waals surface area contributed by atoms with Crippen molar-refractivity contribution >= 4 is 21.8 Å². The van der Waals surface area contributed by atoms with Crippen LogP contribution >= 0.6 is 15.9 Å². The second kappa shape index (κ2) is 6.48. The summed E-state index contributed by atoms with van der Waals surface area (Å²) in [4.78, 5) is 0. The van der Waals surface area contributed by atoms with Gasteiger partial charge in [0.25, 0.3) is 0 Å². The highest BCUT2D eigenvalue weighted by Crippen LogP contribution is 2.21. The summed E-state index contributed by atoms with van der Waals surface area (Å²) >= 11 is 3.09. The lowest BCUT2D eigenvalue weighted by Crippen LogP contribution is -2.09. The Morgan fingerprint density at radius 2 is 2.19 bits per heavy atom. The van der Waals surface area contributed by atoms with Gasteiger partial charge in [-0.1, -0.05) is 0 Å². The number of ether oxygens (including phenoxy) is 1. The summed E-state index contributed by atoms with van der Waals surface area (Å²) < 4.78 is 18.7. The second-order valence-corrected chi connectivity index (χ2v) is 4.26. The zero-order valence-corrected chi connectivity index (χ0v) is 10.4. The van der Waals surface area contributed by atoms with Crippen molar-refractivity contribution in [2.24, 2.45) is 5.73 Å². The van der Waals surface area contributed by atoms with Gasteiger partial charge < -0.3 is 10.5 Å². The highest BCUT2D eigenvalue weighted by atomic mass is 79.9. The third kappa shape index (κ3) is 4.61. The van der Waals surface area contributed by atoms with Crippen LogP contribution in [0.4, 0.5) is 4.39 Å². The number of hydrogen-bond donors (Lipinski definition) is 2. The van der Waals surface area contributed by atoms with Crippen LogP contribution < -0.4 is 10.5 Å². The van der Waals surface area contributed by atoms with Gasteiger partial charge in [-0.15, -0.1) is 0 Å². The average molecular weight is 289 g/mol. The van der Waals surface area contributed by atoms with Crippen LogP contribution in [0, 0.1) is 11.2 Å². The predicted octanol–water partition coefficient (Wildman–Crippen LogP) is 3.07. The molecule has 0 saturated heterocycles. The zero-order chi connectivity index (χ0) is 12.0. The third-order valence-electron chi connectivity index (χ3n) is 2.00. The van der Waals surface area contributed by atoms with Gasteiger partial charge in [0, 0.05) is 6.42 Å². The summed E-state index contributed by atoms with van der Waals surface area (Å²) in [6.45, 7) is 0.547. The molecule has 0 atom stereocenters. The van der Waals surface area contributed by atoms with E-state index in [0.717, 1.165) is 12.8 Å². The molecule has 0 heterocycles. The molecule has 0 radical (unpaired) electrons. The summed E-state index contributed by atoms with van der Waals surface area (Å²) in [7, 11) is 0. The molecule has 0 aliphatic rings. The number of nitrogens with one attached hydrogen (secondary N) is 1. The van der Waals surface area contributed by atoms with Gasteiger partial charge in [-0.3, -0.25) is 5.41 Å². The molecule has 1 aromatic rings. The number of halogens is 2. The van der Waals surface area contributed by atoms with Gasteiger partial charge in [-0.05, 0) is 47.0 Å². The number of rotatable bonds is 6. The van der Waals surface area contributed by atoms with E-state index in [0.29, 0.717) is 23.2 Å². The molecule has 0 fully saturated rings. The van der Waals surface area contributed by atoms with Crippen molar-refractivity contribution in [2.75, 3.05) is 6.61 Å². The molecule has 0 aromatic heterocycles. The Kier molecular flexibility index (Phi) is 5.25. The maximum atomic E-state index is 12.9. The molecule has 88 valence electrons. The van der Waals surface area contributed by atoms with E-state index in [2.05, 4.69) is 15.9 Å². The largest absolute Gasteiger partial charge is 0.494 e. The molecule has 0 saturated carbocycles. The fourth-order valence-corrected chi connectivity index (χ4v) is 1.53. The van der Waals surface area contributed by atoms with Crippen molar-refractivity contribution in [3.8, 4) is 5.75 Å². The van der Waals surface area contributed by atoms with Crippen LogP contribution in [-0.4, -0.2) is 12.4 Å². The van der Waals surface area contributed by atoms with E-state index in [4.69, 9.17) is 15.9 Å². The van der Waals surface area contributed by atoms with Crippen LogP contribution in [0.1, 0.15) is 19.3 Å². The van der Waals surface area contributed by atoms with Crippen LogP contribution in [0.3, 0.4) is 0 Å². The Bertz CT molecular complexity index is 371. The Balaban J connectivity index is 2.27. The molecule has 0 unspecified atom stereocenters. The number of benzene rings is 1. The number of hydrogen-bond acceptors (Lipinski definition) is 2. The second-order valence-electron chi connectivity index (χ2n) is 3.41. The normalized spacial score (nSPS) is 10.1. The first-order chi connectivity index (χ1) is 7.59. The van der Waals surface area contributed by atoms with Gasteiger partial charge in [-0.2, -0.15) is 0 Å². The molecule has 0 aliphatic carbocycles. The van der Waals surface area contributed by atoms with E-state index in [1.165, 1.54) is 6.07 Å². The highest BCUT2D eigenvalue weighted by Gasteiger charge is 2.01. The molecule has 3 N–H and O–H groups in total. The Morgan fingerprint density at radius 1 is 1.44 bits per heavy atom. The fourth-order valence-electron chi connectivity index (χ4n) is 1.17. The zero-order valence-electron chi connectivity index (χ0n) is 8.80. The van der Waals surface area contributed by atoms with Crippen molar-refractivity contribution in [2.45, 2.75) is 19.3 Å². The topological polar surface area (TPSA) is 59.1 Å². The number of amidine groups is 1. The maximum absolute atomic E-state index is 12.9. The molecular weight excluding hydrogens is 275 g/mol. The summed E-state index contributed by atoms with van der Waals surface area (Å²) in [5.41, 5.74) is 5.22. The Labute approximate surface area is 102 Å². The lowest BCUT2D eigenvalue weighted by atomic mass is 10.2. The highest BCUT2D eigenvalue weighted by molar-refractivity contribution is 9.10. The summed E-state index contributed by atoms with van der Waals surface area (Å²) in [6.07, 6.45) is 2.25. The molecule has 0 bridgehead atoms. The van der Waals surface area contributed by atoms with Gasteiger partial charge >= 0.3 is 0 Å². The van der Waals surface area contributed by atoms with Crippen molar-refractivity contribution in [1.29, 1.82) is 5.41 Å². The smallest absolute Gasteiger partial charge is 0.137 e. The quantitative estimate of drug-likeness (QED) is 0.480. The summed E-state index contributed by atoms with van der Waals surface area (Å²) in [6, 6.07) is 4.54. The summed E-state index contributed by atoms with van der Waals surface area (Å²) in [5, 5.41) is 7.03. The van der Waals surface area contributed by atoms with Crippen molar-refractivity contribution < 1.29 is 9.13 Å². The average Bonchev–Trinajstić information content (AvgIpc) is 2.22. The fraction of sp³-hybridized carbons (Fsp3) is 0.364. The molecular formula is C11H14BrFN2O. The van der Waals surface area contributed by atoms with Gasteiger partial charge in [-0.25, -0.2) is 4.39 Å². The van der Waals surface area contributed by atoms with Gasteiger partial charge in [0.15, 0.2) is 0 Å². The molecule has 1 aromatic carbocycles. The van der Waals surface area contributed by atoms with Gasteiger partial charge in [0.1, 0.15) is 11.6 Å². The molecule has 0 amide bonds. The lowest BCUT2D eigenvalue weighted by molar-refractivity contribution is 0.307. The molecule has 5 heteroatoms. The number of unbranched alkanes of at least 4 members (excludes halogenated alkanes) is 1. The van der Waals surface area contributed by atoms with Crippen molar-refractivity contribution in [1.82, 2.24) is 0 Å².